The Bertz CT molecular complexity index is 869. The van der Waals surface area contributed by atoms with E-state index in [4.69, 9.17) is 11.6 Å². The largest absolute Gasteiger partial charge is 0.354 e. The Morgan fingerprint density at radius 3 is 2.64 bits per heavy atom. The molecule has 0 saturated heterocycles. The van der Waals surface area contributed by atoms with E-state index in [-0.39, 0.29) is 17.7 Å². The summed E-state index contributed by atoms with van der Waals surface area (Å²) in [6, 6.07) is 10.6. The van der Waals surface area contributed by atoms with Gasteiger partial charge in [-0.2, -0.15) is 0 Å². The molecule has 0 bridgehead atoms. The quantitative estimate of drug-likeness (QED) is 0.682. The lowest BCUT2D eigenvalue weighted by atomic mass is 9.99. The monoisotopic (exact) mass is 402 g/mol. The zero-order valence-electron chi connectivity index (χ0n) is 16.0. The number of amides is 2. The normalized spacial score (nSPS) is 16.8. The maximum atomic E-state index is 13.9. The van der Waals surface area contributed by atoms with Gasteiger partial charge in [0.25, 0.3) is 5.91 Å². The van der Waals surface area contributed by atoms with Gasteiger partial charge in [-0.05, 0) is 53.8 Å². The Hall–Kier alpha value is -2.40. The van der Waals surface area contributed by atoms with Crippen LogP contribution >= 0.6 is 11.6 Å². The molecule has 2 amide bonds. The highest BCUT2D eigenvalue weighted by atomic mass is 35.5. The first-order valence-electron chi connectivity index (χ1n) is 9.56. The van der Waals surface area contributed by atoms with E-state index in [1.54, 1.807) is 17.0 Å². The molecule has 4 nitrogen and oxygen atoms in total. The molecule has 6 heteroatoms. The molecular formula is C22H24ClFN2O2. The fraction of sp³-hybridized carbons (Fsp3) is 0.364. The van der Waals surface area contributed by atoms with Crippen molar-refractivity contribution >= 4 is 23.4 Å². The van der Waals surface area contributed by atoms with Crippen molar-refractivity contribution in [1.29, 1.82) is 0 Å². The Morgan fingerprint density at radius 1 is 1.25 bits per heavy atom. The van der Waals surface area contributed by atoms with Crippen molar-refractivity contribution in [1.82, 2.24) is 10.2 Å². The van der Waals surface area contributed by atoms with Crippen molar-refractivity contribution in [3.05, 3.63) is 70.0 Å². The average molecular weight is 403 g/mol. The molecule has 1 aliphatic heterocycles. The third-order valence-electron chi connectivity index (χ3n) is 5.10. The third kappa shape index (κ3) is 4.20. The van der Waals surface area contributed by atoms with Gasteiger partial charge in [-0.1, -0.05) is 44.0 Å². The van der Waals surface area contributed by atoms with E-state index in [1.165, 1.54) is 18.2 Å². The highest BCUT2D eigenvalue weighted by Crippen LogP contribution is 2.36. The van der Waals surface area contributed by atoms with Crippen molar-refractivity contribution in [3.8, 4) is 0 Å². The van der Waals surface area contributed by atoms with E-state index in [1.807, 2.05) is 26.0 Å². The fourth-order valence-corrected chi connectivity index (χ4v) is 3.67. The van der Waals surface area contributed by atoms with Gasteiger partial charge in [0.15, 0.2) is 0 Å². The van der Waals surface area contributed by atoms with Crippen LogP contribution in [-0.2, 0) is 4.79 Å². The topological polar surface area (TPSA) is 49.4 Å². The van der Waals surface area contributed by atoms with Crippen LogP contribution in [0.5, 0.6) is 0 Å². The number of rotatable bonds is 7. The van der Waals surface area contributed by atoms with E-state index in [0.717, 1.165) is 18.4 Å². The lowest BCUT2D eigenvalue weighted by Gasteiger charge is -2.27. The second-order valence-electron chi connectivity index (χ2n) is 7.19. The molecule has 0 fully saturated rings. The molecule has 1 aliphatic rings. The van der Waals surface area contributed by atoms with Crippen LogP contribution in [-0.4, -0.2) is 29.8 Å². The summed E-state index contributed by atoms with van der Waals surface area (Å²) in [5.74, 6) is -0.974. The number of hydrogen-bond acceptors (Lipinski definition) is 2. The number of hydrogen-bond donors (Lipinski definition) is 1. The molecule has 2 unspecified atom stereocenters. The second-order valence-corrected chi connectivity index (χ2v) is 7.63. The summed E-state index contributed by atoms with van der Waals surface area (Å²) in [6.07, 6.45) is 1.80. The zero-order valence-corrected chi connectivity index (χ0v) is 16.8. The molecular weight excluding hydrogens is 379 g/mol. The van der Waals surface area contributed by atoms with E-state index < -0.39 is 11.9 Å². The van der Waals surface area contributed by atoms with Gasteiger partial charge in [0.2, 0.25) is 5.91 Å². The van der Waals surface area contributed by atoms with Gasteiger partial charge < -0.3 is 10.2 Å². The molecule has 2 aromatic carbocycles. The molecule has 1 N–H and O–H groups in total. The number of carbonyl (C=O) groups is 2. The summed E-state index contributed by atoms with van der Waals surface area (Å²) >= 11 is 5.96. The fourth-order valence-electron chi connectivity index (χ4n) is 3.54. The van der Waals surface area contributed by atoms with Crippen LogP contribution < -0.4 is 5.32 Å². The summed E-state index contributed by atoms with van der Waals surface area (Å²) in [5, 5.41) is 3.53. The molecule has 0 aromatic heterocycles. The maximum absolute atomic E-state index is 13.9. The van der Waals surface area contributed by atoms with Gasteiger partial charge in [-0.3, -0.25) is 9.59 Å². The van der Waals surface area contributed by atoms with Gasteiger partial charge in [-0.25, -0.2) is 4.39 Å². The van der Waals surface area contributed by atoms with Gasteiger partial charge in [0.1, 0.15) is 11.9 Å². The number of nitrogens with zero attached hydrogens (tertiary/aromatic N) is 1. The van der Waals surface area contributed by atoms with Crippen molar-refractivity contribution in [2.45, 2.75) is 38.6 Å². The van der Waals surface area contributed by atoms with Gasteiger partial charge in [0.05, 0.1) is 0 Å². The van der Waals surface area contributed by atoms with Crippen molar-refractivity contribution < 1.29 is 14.0 Å². The van der Waals surface area contributed by atoms with Crippen molar-refractivity contribution in [2.75, 3.05) is 13.1 Å². The van der Waals surface area contributed by atoms with Gasteiger partial charge in [0, 0.05) is 23.7 Å². The number of halogens is 2. The molecule has 2 aromatic rings. The van der Waals surface area contributed by atoms with Gasteiger partial charge >= 0.3 is 0 Å². The predicted octanol–water partition coefficient (Wildman–Crippen LogP) is 4.70. The minimum atomic E-state index is -0.815. The lowest BCUT2D eigenvalue weighted by Crippen LogP contribution is -2.41. The summed E-state index contributed by atoms with van der Waals surface area (Å²) in [7, 11) is 0. The molecule has 0 radical (unpaired) electrons. The summed E-state index contributed by atoms with van der Waals surface area (Å²) in [6.45, 7) is 4.91. The minimum Gasteiger partial charge on any atom is -0.354 e. The van der Waals surface area contributed by atoms with Gasteiger partial charge in [-0.15, -0.1) is 0 Å². The van der Waals surface area contributed by atoms with E-state index >= 15 is 0 Å². The predicted molar refractivity (Wildman–Crippen MR) is 108 cm³/mol. The number of unbranched alkanes of at least 4 members (excludes halogenated alkanes) is 1. The Kier molecular flexibility index (Phi) is 6.35. The molecule has 1 heterocycles. The second kappa shape index (κ2) is 8.74. The lowest BCUT2D eigenvalue weighted by molar-refractivity contribution is -0.125. The summed E-state index contributed by atoms with van der Waals surface area (Å²) < 4.78 is 13.9. The highest BCUT2D eigenvalue weighted by Gasteiger charge is 2.41. The van der Waals surface area contributed by atoms with Crippen molar-refractivity contribution in [2.24, 2.45) is 0 Å². The third-order valence-corrected chi connectivity index (χ3v) is 5.35. The SMILES string of the molecule is CCCCNC(=O)C1c2cc(F)ccc2C(=O)N1CC(C)c1ccc(Cl)cc1. The zero-order chi connectivity index (χ0) is 20.3. The Morgan fingerprint density at radius 2 is 1.96 bits per heavy atom. The Labute approximate surface area is 169 Å². The maximum Gasteiger partial charge on any atom is 0.255 e. The molecule has 2 atom stereocenters. The molecule has 0 saturated carbocycles. The van der Waals surface area contributed by atoms with Crippen LogP contribution in [0.15, 0.2) is 42.5 Å². The van der Waals surface area contributed by atoms with E-state index in [0.29, 0.717) is 29.2 Å². The minimum absolute atomic E-state index is 0.00804. The Balaban J connectivity index is 1.87. The number of nitrogens with one attached hydrogen (secondary N) is 1. The molecule has 3 rings (SSSR count). The number of benzene rings is 2. The van der Waals surface area contributed by atoms with E-state index in [2.05, 4.69) is 5.32 Å². The van der Waals surface area contributed by atoms with Crippen LogP contribution in [0.25, 0.3) is 0 Å². The molecule has 148 valence electrons. The first kappa shape index (κ1) is 20.3. The number of fused-ring (bicyclic) bond motifs is 1. The molecule has 0 aliphatic carbocycles. The van der Waals surface area contributed by atoms with Crippen LogP contribution in [0, 0.1) is 5.82 Å². The van der Waals surface area contributed by atoms with Crippen LogP contribution in [0.1, 0.15) is 60.1 Å². The highest BCUT2D eigenvalue weighted by molar-refractivity contribution is 6.30. The number of carbonyl (C=O) groups excluding carboxylic acids is 2. The van der Waals surface area contributed by atoms with Crippen LogP contribution in [0.2, 0.25) is 5.02 Å². The average Bonchev–Trinajstić information content (AvgIpc) is 2.93. The van der Waals surface area contributed by atoms with Crippen molar-refractivity contribution in [3.63, 3.8) is 0 Å². The summed E-state index contributed by atoms with van der Waals surface area (Å²) in [4.78, 5) is 27.4. The first-order chi connectivity index (χ1) is 13.4. The smallest absolute Gasteiger partial charge is 0.255 e. The molecule has 28 heavy (non-hydrogen) atoms. The van der Waals surface area contributed by atoms with Crippen LogP contribution in [0.4, 0.5) is 4.39 Å². The first-order valence-corrected chi connectivity index (χ1v) is 9.93. The van der Waals surface area contributed by atoms with E-state index in [9.17, 15) is 14.0 Å². The van der Waals surface area contributed by atoms with Crippen LogP contribution in [0.3, 0.4) is 0 Å². The standard InChI is InChI=1S/C22H24ClFN2O2/c1-3-4-11-25-21(27)20-19-12-17(24)9-10-18(19)22(28)26(20)13-14(2)15-5-7-16(23)8-6-15/h5-10,12,14,20H,3-4,11,13H2,1-2H3,(H,25,27). The molecule has 0 spiro atoms. The summed E-state index contributed by atoms with van der Waals surface area (Å²) in [5.41, 5.74) is 1.84.